The van der Waals surface area contributed by atoms with Gasteiger partial charge in [0.05, 0.1) is 5.57 Å². The Bertz CT molecular complexity index is 722. The summed E-state index contributed by atoms with van der Waals surface area (Å²) in [5.74, 6) is 0.664. The Labute approximate surface area is 159 Å². The van der Waals surface area contributed by atoms with Gasteiger partial charge in [0.2, 0.25) is 0 Å². The fourth-order valence-electron chi connectivity index (χ4n) is 7.71. The molecule has 4 unspecified atom stereocenters. The number of carbonyl (C=O) groups is 2. The molecule has 6 atom stereocenters. The maximum atomic E-state index is 13.7. The summed E-state index contributed by atoms with van der Waals surface area (Å²) in [5.41, 5.74) is -0.965. The van der Waals surface area contributed by atoms with E-state index in [-0.39, 0.29) is 29.5 Å². The van der Waals surface area contributed by atoms with E-state index in [0.717, 1.165) is 32.1 Å². The topological polar surface area (TPSA) is 34.1 Å². The minimum absolute atomic E-state index is 0.00191. The van der Waals surface area contributed by atoms with E-state index in [9.17, 15) is 22.8 Å². The highest BCUT2D eigenvalue weighted by atomic mass is 19.4. The highest BCUT2D eigenvalue weighted by Gasteiger charge is 2.61. The lowest BCUT2D eigenvalue weighted by molar-refractivity contribution is -0.136. The summed E-state index contributed by atoms with van der Waals surface area (Å²) in [4.78, 5) is 24.3. The number of hydrogen-bond acceptors (Lipinski definition) is 2. The molecule has 0 aliphatic heterocycles. The van der Waals surface area contributed by atoms with Crippen molar-refractivity contribution in [1.29, 1.82) is 0 Å². The number of fused-ring (bicyclic) bond motifs is 5. The summed E-state index contributed by atoms with van der Waals surface area (Å²) < 4.78 is 41.0. The van der Waals surface area contributed by atoms with Crippen molar-refractivity contribution in [2.75, 3.05) is 0 Å². The fourth-order valence-corrected chi connectivity index (χ4v) is 7.71. The van der Waals surface area contributed by atoms with E-state index in [1.54, 1.807) is 6.92 Å². The Morgan fingerprint density at radius 3 is 2.33 bits per heavy atom. The lowest BCUT2D eigenvalue weighted by atomic mass is 9.46. The molecule has 4 rings (SSSR count). The molecule has 0 radical (unpaired) electrons. The third-order valence-electron chi connectivity index (χ3n) is 8.90. The standard InChI is InChI=1S/C22H29F3O2/c1-12(26)14-6-7-15-13-4-5-17-19(22(23,24)25)18(27)9-11-21(17,3)16(13)8-10-20(14,15)2/h13-16H,4-11H2,1-3H3/t13?,14?,15?,16?,20-,21-/m1/s1. The van der Waals surface area contributed by atoms with Crippen LogP contribution in [0.3, 0.4) is 0 Å². The van der Waals surface area contributed by atoms with Crippen molar-refractivity contribution in [1.82, 2.24) is 0 Å². The second-order valence-electron chi connectivity index (χ2n) is 9.89. The minimum Gasteiger partial charge on any atom is -0.300 e. The van der Waals surface area contributed by atoms with Gasteiger partial charge in [0.1, 0.15) is 5.78 Å². The zero-order valence-corrected chi connectivity index (χ0v) is 16.4. The highest BCUT2D eigenvalue weighted by molar-refractivity contribution is 5.98. The number of allylic oxidation sites excluding steroid dienone is 1. The Hall–Kier alpha value is -1.13. The van der Waals surface area contributed by atoms with Gasteiger partial charge in [0.25, 0.3) is 0 Å². The van der Waals surface area contributed by atoms with E-state index in [4.69, 9.17) is 0 Å². The Morgan fingerprint density at radius 2 is 1.70 bits per heavy atom. The zero-order valence-electron chi connectivity index (χ0n) is 16.4. The van der Waals surface area contributed by atoms with E-state index in [0.29, 0.717) is 30.3 Å². The average molecular weight is 382 g/mol. The van der Waals surface area contributed by atoms with Gasteiger partial charge in [-0.2, -0.15) is 13.2 Å². The van der Waals surface area contributed by atoms with Crippen molar-refractivity contribution in [3.8, 4) is 0 Å². The first kappa shape index (κ1) is 19.2. The van der Waals surface area contributed by atoms with Crippen molar-refractivity contribution >= 4 is 11.6 Å². The third-order valence-corrected chi connectivity index (χ3v) is 8.90. The molecule has 3 saturated carbocycles. The zero-order chi connectivity index (χ0) is 19.8. The average Bonchev–Trinajstić information content (AvgIpc) is 2.91. The largest absolute Gasteiger partial charge is 0.419 e. The Kier molecular flexibility index (Phi) is 4.22. The molecule has 2 nitrogen and oxygen atoms in total. The van der Waals surface area contributed by atoms with Crippen molar-refractivity contribution in [2.24, 2.45) is 34.5 Å². The van der Waals surface area contributed by atoms with E-state index in [1.807, 2.05) is 6.92 Å². The molecule has 3 fully saturated rings. The molecule has 0 aromatic rings. The minimum atomic E-state index is -4.54. The van der Waals surface area contributed by atoms with Crippen LogP contribution in [0.25, 0.3) is 0 Å². The van der Waals surface area contributed by atoms with Crippen molar-refractivity contribution in [3.63, 3.8) is 0 Å². The van der Waals surface area contributed by atoms with Crippen LogP contribution in [0.4, 0.5) is 13.2 Å². The summed E-state index contributed by atoms with van der Waals surface area (Å²) in [5, 5.41) is 0. The van der Waals surface area contributed by atoms with Crippen LogP contribution in [0.5, 0.6) is 0 Å². The van der Waals surface area contributed by atoms with Crippen molar-refractivity contribution in [2.45, 2.75) is 78.3 Å². The molecule has 0 aromatic carbocycles. The highest BCUT2D eigenvalue weighted by Crippen LogP contribution is 2.67. The lowest BCUT2D eigenvalue weighted by Crippen LogP contribution is -2.52. The molecule has 4 aliphatic carbocycles. The van der Waals surface area contributed by atoms with E-state index >= 15 is 0 Å². The van der Waals surface area contributed by atoms with Crippen molar-refractivity contribution in [3.05, 3.63) is 11.1 Å². The molecule has 5 heteroatoms. The van der Waals surface area contributed by atoms with Gasteiger partial charge in [-0.25, -0.2) is 0 Å². The molecule has 0 spiro atoms. The van der Waals surface area contributed by atoms with Crippen LogP contribution in [0.1, 0.15) is 72.1 Å². The number of ketones is 2. The van der Waals surface area contributed by atoms with Gasteiger partial charge in [-0.3, -0.25) is 9.59 Å². The van der Waals surface area contributed by atoms with Crippen LogP contribution in [0, 0.1) is 34.5 Å². The van der Waals surface area contributed by atoms with Gasteiger partial charge in [-0.1, -0.05) is 13.8 Å². The molecule has 0 bridgehead atoms. The molecule has 4 aliphatic rings. The first-order valence-corrected chi connectivity index (χ1v) is 10.3. The lowest BCUT2D eigenvalue weighted by Gasteiger charge is -2.58. The van der Waals surface area contributed by atoms with E-state index in [2.05, 4.69) is 6.92 Å². The number of Topliss-reactive ketones (excluding diaryl/α,β-unsaturated/α-hetero) is 2. The smallest absolute Gasteiger partial charge is 0.300 e. The number of rotatable bonds is 1. The first-order chi connectivity index (χ1) is 12.5. The van der Waals surface area contributed by atoms with Gasteiger partial charge < -0.3 is 0 Å². The monoisotopic (exact) mass is 382 g/mol. The molecular formula is C22H29F3O2. The second kappa shape index (κ2) is 5.93. The van der Waals surface area contributed by atoms with Gasteiger partial charge in [-0.05, 0) is 86.0 Å². The maximum Gasteiger partial charge on any atom is 0.419 e. The van der Waals surface area contributed by atoms with Gasteiger partial charge in [0, 0.05) is 12.3 Å². The van der Waals surface area contributed by atoms with E-state index < -0.39 is 22.9 Å². The normalized spacial score (nSPS) is 44.6. The second-order valence-corrected chi connectivity index (χ2v) is 9.89. The maximum absolute atomic E-state index is 13.7. The van der Waals surface area contributed by atoms with Gasteiger partial charge >= 0.3 is 6.18 Å². The molecule has 0 amide bonds. The molecule has 27 heavy (non-hydrogen) atoms. The molecule has 150 valence electrons. The quantitative estimate of drug-likeness (QED) is 0.587. The van der Waals surface area contributed by atoms with Gasteiger partial charge in [-0.15, -0.1) is 0 Å². The molecule has 0 aromatic heterocycles. The third kappa shape index (κ3) is 2.59. The van der Waals surface area contributed by atoms with E-state index in [1.165, 1.54) is 0 Å². The Balaban J connectivity index is 1.73. The van der Waals surface area contributed by atoms with Crippen LogP contribution in [0.2, 0.25) is 0 Å². The fraction of sp³-hybridized carbons (Fsp3) is 0.818. The molecule has 0 heterocycles. The molecular weight excluding hydrogens is 353 g/mol. The predicted octanol–water partition coefficient (Wildman–Crippen LogP) is 5.66. The van der Waals surface area contributed by atoms with Crippen LogP contribution in [0.15, 0.2) is 11.1 Å². The van der Waals surface area contributed by atoms with Gasteiger partial charge in [0.15, 0.2) is 5.78 Å². The van der Waals surface area contributed by atoms with Crippen LogP contribution in [-0.4, -0.2) is 17.7 Å². The summed E-state index contributed by atoms with van der Waals surface area (Å²) >= 11 is 0. The summed E-state index contributed by atoms with van der Waals surface area (Å²) in [7, 11) is 0. The SMILES string of the molecule is CC(=O)C1CCC2C3CCC4=C(C(F)(F)F)C(=O)CC[C@]4(C)C3CC[C@]12C. The summed E-state index contributed by atoms with van der Waals surface area (Å²) in [6, 6.07) is 0. The number of halogens is 3. The first-order valence-electron chi connectivity index (χ1n) is 10.3. The number of hydrogen-bond donors (Lipinski definition) is 0. The van der Waals surface area contributed by atoms with Crippen LogP contribution < -0.4 is 0 Å². The Morgan fingerprint density at radius 1 is 1.00 bits per heavy atom. The summed E-state index contributed by atoms with van der Waals surface area (Å²) in [6.07, 6.45) is 0.854. The summed E-state index contributed by atoms with van der Waals surface area (Å²) in [6.45, 7) is 5.92. The number of carbonyl (C=O) groups excluding carboxylic acids is 2. The van der Waals surface area contributed by atoms with Crippen LogP contribution >= 0.6 is 0 Å². The van der Waals surface area contributed by atoms with Crippen molar-refractivity contribution < 1.29 is 22.8 Å². The van der Waals surface area contributed by atoms with Crippen LogP contribution in [-0.2, 0) is 9.59 Å². The molecule has 0 N–H and O–H groups in total. The predicted molar refractivity (Wildman–Crippen MR) is 95.9 cm³/mol. The number of alkyl halides is 3. The molecule has 0 saturated heterocycles.